The van der Waals surface area contributed by atoms with E-state index in [4.69, 9.17) is 30.7 Å². The summed E-state index contributed by atoms with van der Waals surface area (Å²) in [6, 6.07) is 3.56. The van der Waals surface area contributed by atoms with Crippen LogP contribution in [0.1, 0.15) is 48.0 Å². The van der Waals surface area contributed by atoms with Gasteiger partial charge in [-0.3, -0.25) is 0 Å². The highest BCUT2D eigenvalue weighted by atomic mass is 35.5. The van der Waals surface area contributed by atoms with E-state index >= 15 is 0 Å². The van der Waals surface area contributed by atoms with Gasteiger partial charge in [0.25, 0.3) is 0 Å². The third kappa shape index (κ3) is 4.56. The van der Waals surface area contributed by atoms with E-state index in [9.17, 15) is 4.39 Å². The minimum atomic E-state index is -3.32. The standard InChI is InChI=1S/C25H29ClFN5O2/c1-15(2)32-25(34-19-6-7-22(27)21(26)11-19)29-23(30-32)12-20-16-4-5-17(20)14-31(13-16)18-8-9-28-24(10-18)33-3/h6-11,15-17,20H,4-5,12-14H2,1-3H3/t16-,17+,20?/i1D3,2D3,15D. The Morgan fingerprint density at radius 1 is 1.24 bits per heavy atom. The van der Waals surface area contributed by atoms with Crippen LogP contribution in [0.5, 0.6) is 17.6 Å². The highest BCUT2D eigenvalue weighted by Crippen LogP contribution is 2.45. The molecular formula is C25H29ClFN5O2. The molecule has 2 bridgehead atoms. The number of piperidine rings is 1. The number of fused-ring (bicyclic) bond motifs is 2. The van der Waals surface area contributed by atoms with E-state index in [1.807, 2.05) is 12.1 Å². The van der Waals surface area contributed by atoms with Crippen LogP contribution in [0.25, 0.3) is 0 Å². The molecule has 0 radical (unpaired) electrons. The quantitative estimate of drug-likeness (QED) is 0.430. The molecule has 1 unspecified atom stereocenters. The lowest BCUT2D eigenvalue weighted by Crippen LogP contribution is -2.42. The molecule has 3 heterocycles. The largest absolute Gasteiger partial charge is 0.481 e. The Morgan fingerprint density at radius 3 is 2.74 bits per heavy atom. The van der Waals surface area contributed by atoms with E-state index < -0.39 is 31.5 Å². The number of aromatic nitrogens is 4. The predicted molar refractivity (Wildman–Crippen MR) is 128 cm³/mol. The van der Waals surface area contributed by atoms with Gasteiger partial charge in [-0.15, -0.1) is 0 Å². The summed E-state index contributed by atoms with van der Waals surface area (Å²) in [5.74, 6) is 0.699. The number of rotatable bonds is 7. The van der Waals surface area contributed by atoms with E-state index in [2.05, 4.69) is 20.0 Å². The van der Waals surface area contributed by atoms with Gasteiger partial charge >= 0.3 is 6.01 Å². The second-order valence-electron chi connectivity index (χ2n) is 8.68. The Labute approximate surface area is 213 Å². The van der Waals surface area contributed by atoms with E-state index in [-0.39, 0.29) is 34.4 Å². The van der Waals surface area contributed by atoms with Crippen molar-refractivity contribution in [1.82, 2.24) is 19.7 Å². The van der Waals surface area contributed by atoms with Gasteiger partial charge in [0.1, 0.15) is 11.6 Å². The molecule has 1 aliphatic carbocycles. The number of methoxy groups -OCH3 is 1. The van der Waals surface area contributed by atoms with Crippen molar-refractivity contribution < 1.29 is 23.5 Å². The summed E-state index contributed by atoms with van der Waals surface area (Å²) in [6.07, 6.45) is 4.02. The molecule has 2 fully saturated rings. The van der Waals surface area contributed by atoms with Gasteiger partial charge in [-0.1, -0.05) is 11.6 Å². The minimum absolute atomic E-state index is 0.0174. The second-order valence-corrected chi connectivity index (χ2v) is 9.08. The predicted octanol–water partition coefficient (Wildman–Crippen LogP) is 5.55. The van der Waals surface area contributed by atoms with Crippen molar-refractivity contribution >= 4 is 17.3 Å². The monoisotopic (exact) mass is 492 g/mol. The van der Waals surface area contributed by atoms with E-state index in [1.165, 1.54) is 6.07 Å². The first-order valence-electron chi connectivity index (χ1n) is 14.6. The number of hydrogen-bond donors (Lipinski definition) is 0. The molecule has 2 aromatic heterocycles. The molecular weight excluding hydrogens is 457 g/mol. The molecule has 1 saturated heterocycles. The van der Waals surface area contributed by atoms with Gasteiger partial charge in [-0.25, -0.2) is 14.1 Å². The van der Waals surface area contributed by atoms with Crippen LogP contribution in [0.2, 0.25) is 5.02 Å². The third-order valence-corrected chi connectivity index (χ3v) is 6.96. The fraction of sp³-hybridized carbons (Fsp3) is 0.480. The normalized spacial score (nSPS) is 25.9. The highest BCUT2D eigenvalue weighted by Gasteiger charge is 2.42. The molecule has 180 valence electrons. The van der Waals surface area contributed by atoms with Crippen molar-refractivity contribution in [1.29, 1.82) is 0 Å². The minimum Gasteiger partial charge on any atom is -0.481 e. The van der Waals surface area contributed by atoms with Gasteiger partial charge in [-0.05, 0) is 62.5 Å². The highest BCUT2D eigenvalue weighted by molar-refractivity contribution is 6.30. The molecule has 9 heteroatoms. The summed E-state index contributed by atoms with van der Waals surface area (Å²) in [4.78, 5) is 10.8. The summed E-state index contributed by atoms with van der Waals surface area (Å²) in [6.45, 7) is -5.09. The molecule has 0 amide bonds. The first kappa shape index (κ1) is 15.9. The van der Waals surface area contributed by atoms with Crippen molar-refractivity contribution in [2.24, 2.45) is 17.8 Å². The van der Waals surface area contributed by atoms with Crippen molar-refractivity contribution in [3.05, 3.63) is 53.2 Å². The Bertz CT molecular complexity index is 1390. The van der Waals surface area contributed by atoms with Crippen molar-refractivity contribution in [3.63, 3.8) is 0 Å². The average molecular weight is 493 g/mol. The molecule has 5 rings (SSSR count). The number of anilines is 1. The van der Waals surface area contributed by atoms with E-state index in [0.29, 0.717) is 17.0 Å². The molecule has 1 aromatic carbocycles. The molecule has 0 N–H and O–H groups in total. The SMILES string of the molecule is [2H]C([2H])([2H])C([2H])(n1nc(CC2[C@@H]3CC[C@H]2CN(c2ccnc(OC)c2)C3)nc1Oc1ccc(F)c(Cl)c1)C([2H])([2H])[2H]. The Hall–Kier alpha value is -2.87. The third-order valence-electron chi connectivity index (χ3n) is 6.67. The fourth-order valence-corrected chi connectivity index (χ4v) is 5.25. The molecule has 2 aliphatic rings. The molecule has 1 saturated carbocycles. The molecule has 3 atom stereocenters. The zero-order chi connectivity index (χ0) is 29.7. The summed E-state index contributed by atoms with van der Waals surface area (Å²) in [5, 5.41) is 4.01. The van der Waals surface area contributed by atoms with Crippen LogP contribution in [0.4, 0.5) is 10.1 Å². The lowest BCUT2D eigenvalue weighted by atomic mass is 9.82. The maximum absolute atomic E-state index is 13.7. The van der Waals surface area contributed by atoms with Crippen molar-refractivity contribution in [2.75, 3.05) is 25.1 Å². The van der Waals surface area contributed by atoms with E-state index in [1.54, 1.807) is 13.3 Å². The van der Waals surface area contributed by atoms with Crippen LogP contribution < -0.4 is 14.4 Å². The molecule has 3 aromatic rings. The van der Waals surface area contributed by atoms with Crippen molar-refractivity contribution in [2.45, 2.75) is 39.0 Å². The maximum atomic E-state index is 13.7. The number of benzene rings is 1. The van der Waals surface area contributed by atoms with Crippen LogP contribution in [0.3, 0.4) is 0 Å². The summed E-state index contributed by atoms with van der Waals surface area (Å²) in [5.41, 5.74) is 1.01. The number of nitrogens with zero attached hydrogens (tertiary/aromatic N) is 5. The number of ether oxygens (including phenoxy) is 2. The molecule has 34 heavy (non-hydrogen) atoms. The zero-order valence-electron chi connectivity index (χ0n) is 25.5. The van der Waals surface area contributed by atoms with Gasteiger partial charge in [0.05, 0.1) is 19.5 Å². The van der Waals surface area contributed by atoms with E-state index in [0.717, 1.165) is 43.8 Å². The smallest absolute Gasteiger partial charge is 0.320 e. The fourth-order valence-electron chi connectivity index (χ4n) is 5.08. The number of halogens is 2. The van der Waals surface area contributed by atoms with Crippen LogP contribution in [-0.4, -0.2) is 39.9 Å². The van der Waals surface area contributed by atoms with Crippen LogP contribution in [0, 0.1) is 23.6 Å². The van der Waals surface area contributed by atoms with Gasteiger partial charge < -0.3 is 14.4 Å². The van der Waals surface area contributed by atoms with Gasteiger partial charge in [-0.2, -0.15) is 10.1 Å². The number of hydrogen-bond acceptors (Lipinski definition) is 6. The molecule has 1 aliphatic heterocycles. The topological polar surface area (TPSA) is 65.3 Å². The van der Waals surface area contributed by atoms with Crippen LogP contribution in [0.15, 0.2) is 36.5 Å². The second kappa shape index (κ2) is 9.41. The summed E-state index contributed by atoms with van der Waals surface area (Å²) >= 11 is 5.87. The Morgan fingerprint density at radius 2 is 2.03 bits per heavy atom. The van der Waals surface area contributed by atoms with Crippen LogP contribution in [-0.2, 0) is 6.42 Å². The summed E-state index contributed by atoms with van der Waals surface area (Å²) in [7, 11) is 1.57. The lowest BCUT2D eigenvalue weighted by molar-refractivity contribution is 0.265. The zero-order valence-corrected chi connectivity index (χ0v) is 19.3. The van der Waals surface area contributed by atoms with Crippen LogP contribution >= 0.6 is 11.6 Å². The summed E-state index contributed by atoms with van der Waals surface area (Å²) < 4.78 is 81.5. The lowest BCUT2D eigenvalue weighted by Gasteiger charge is -2.39. The first-order chi connectivity index (χ1) is 19.2. The Kier molecular flexibility index (Phi) is 4.41. The molecule has 0 spiro atoms. The van der Waals surface area contributed by atoms with Gasteiger partial charge in [0.15, 0.2) is 5.82 Å². The average Bonchev–Trinajstić information content (AvgIpc) is 3.39. The first-order valence-corrected chi connectivity index (χ1v) is 11.4. The maximum Gasteiger partial charge on any atom is 0.320 e. The number of pyridine rings is 1. The van der Waals surface area contributed by atoms with Gasteiger partial charge in [0.2, 0.25) is 5.88 Å². The van der Waals surface area contributed by atoms with Gasteiger partial charge in [0, 0.05) is 51.8 Å². The Balaban J connectivity index is 1.46. The molecule has 7 nitrogen and oxygen atoms in total. The van der Waals surface area contributed by atoms with Crippen molar-refractivity contribution in [3.8, 4) is 17.6 Å².